The number of carbonyl (C=O) groups is 1. The van der Waals surface area contributed by atoms with Crippen LogP contribution >= 0.6 is 0 Å². The lowest BCUT2D eigenvalue weighted by atomic mass is 10.1. The average molecular weight is 1090 g/mol. The summed E-state index contributed by atoms with van der Waals surface area (Å²) in [5.74, 6) is -2.46. The van der Waals surface area contributed by atoms with Gasteiger partial charge in [-0.25, -0.2) is 14.5 Å². The number of carboxylic acids is 1. The number of aliphatic hydroxyl groups is 2. The first-order valence-electron chi connectivity index (χ1n) is 21.1. The highest BCUT2D eigenvalue weighted by Gasteiger charge is 2.26. The van der Waals surface area contributed by atoms with Crippen molar-refractivity contribution in [2.24, 2.45) is 30.7 Å². The maximum absolute atomic E-state index is 13.2. The van der Waals surface area contributed by atoms with E-state index in [9.17, 15) is 68.9 Å². The van der Waals surface area contributed by atoms with E-state index in [4.69, 9.17) is 14.2 Å². The Morgan fingerprint density at radius 1 is 0.680 bits per heavy atom. The van der Waals surface area contributed by atoms with Gasteiger partial charge in [0.25, 0.3) is 35.9 Å². The number of hydrogen-bond donors (Lipinski definition) is 9. The summed E-state index contributed by atoms with van der Waals surface area (Å²) in [6.07, 6.45) is 0. The number of rotatable bonds is 19. The van der Waals surface area contributed by atoms with E-state index in [0.29, 0.717) is 11.1 Å². The minimum atomic E-state index is -5.15. The van der Waals surface area contributed by atoms with Gasteiger partial charge in [-0.15, -0.1) is 25.6 Å². The Kier molecular flexibility index (Phi) is 14.7. The number of benzene rings is 6. The van der Waals surface area contributed by atoms with Crippen molar-refractivity contribution in [3.63, 3.8) is 0 Å². The standard InChI is InChI=1S/C44H36N10O18S3/c1-70-26-9-13-28(34(19-26)74(64,65)66)48-49-30-20-33(72-17-15-56)31(21-32(30)71-16-14-55)50-51-38-35(75(67,68)69)18-23-4-12-29-37(36(23)41(38)57)46-42(45-29)22-2-5-24(6-3-22)47-52-39-40(44(59)60)53-54(43(39)58)25-7-10-27(11-8-25)73(61,62)63/h2-13,18-21,53,55-57H,14-17H2,1H3,(H,45,46)(H,59,60)(H,61,62,63)(H,64,65,66)(H,67,68,69). The molecule has 0 saturated carbocycles. The van der Waals surface area contributed by atoms with E-state index in [1.54, 1.807) is 0 Å². The van der Waals surface area contributed by atoms with Crippen molar-refractivity contribution in [3.8, 4) is 40.1 Å². The first-order valence-corrected chi connectivity index (χ1v) is 25.4. The summed E-state index contributed by atoms with van der Waals surface area (Å²) in [6.45, 7) is -1.71. The van der Waals surface area contributed by atoms with Crippen molar-refractivity contribution in [3.05, 3.63) is 113 Å². The minimum absolute atomic E-state index is 0.0184. The van der Waals surface area contributed by atoms with E-state index in [2.05, 4.69) is 45.8 Å². The van der Waals surface area contributed by atoms with Gasteiger partial charge in [-0.1, -0.05) is 6.07 Å². The minimum Gasteiger partial charge on any atom is -0.505 e. The SMILES string of the molecule is COc1ccc(N=Nc2cc(OCCO)c(N=Nc3c(S(=O)(=O)O)cc4ccc5[nH]c(-c6ccc(N=Nc7c(C(=O)O)[nH]n(-c8ccc(S(=O)(=O)O)cc8)c7=O)cc6)nc5c4c3O)cc2OCCO)c(S(=O)(=O)O)c1. The molecule has 0 saturated heterocycles. The molecule has 388 valence electrons. The topological polar surface area (TPSA) is 429 Å². The fourth-order valence-electron chi connectivity index (χ4n) is 7.11. The maximum atomic E-state index is 13.2. The van der Waals surface area contributed by atoms with Crippen molar-refractivity contribution in [1.82, 2.24) is 19.7 Å². The molecule has 0 amide bonds. The summed E-state index contributed by atoms with van der Waals surface area (Å²) in [6, 6.07) is 20.1. The molecular formula is C44H36N10O18S3. The first kappa shape index (κ1) is 52.5. The zero-order chi connectivity index (χ0) is 54.0. The average Bonchev–Trinajstić information content (AvgIpc) is 3.97. The summed E-state index contributed by atoms with van der Waals surface area (Å²) in [7, 11) is -13.3. The van der Waals surface area contributed by atoms with Crippen LogP contribution in [0.25, 0.3) is 38.9 Å². The number of aliphatic hydroxyl groups excluding tert-OH is 2. The molecule has 31 heteroatoms. The molecule has 6 aromatic carbocycles. The lowest BCUT2D eigenvalue weighted by Gasteiger charge is -2.13. The molecule has 0 unspecified atom stereocenters. The number of nitrogens with one attached hydrogen (secondary N) is 2. The summed E-state index contributed by atoms with van der Waals surface area (Å²) in [4.78, 5) is 31.0. The molecule has 28 nitrogen and oxygen atoms in total. The van der Waals surface area contributed by atoms with Crippen LogP contribution in [-0.2, 0) is 30.4 Å². The van der Waals surface area contributed by atoms with Gasteiger partial charge in [0.2, 0.25) is 0 Å². The Hall–Kier alpha value is -8.82. The van der Waals surface area contributed by atoms with Crippen molar-refractivity contribution < 1.29 is 78.3 Å². The van der Waals surface area contributed by atoms with E-state index in [-0.39, 0.29) is 81.0 Å². The summed E-state index contributed by atoms with van der Waals surface area (Å²) in [5.41, 5.74) is -2.68. The Bertz CT molecular complexity index is 4060. The van der Waals surface area contributed by atoms with Crippen molar-refractivity contribution >= 4 is 92.3 Å². The number of H-pyrrole nitrogens is 2. The van der Waals surface area contributed by atoms with Crippen LogP contribution in [0.4, 0.5) is 34.1 Å². The van der Waals surface area contributed by atoms with E-state index in [1.165, 1.54) is 61.7 Å². The molecule has 0 fully saturated rings. The third kappa shape index (κ3) is 11.2. The zero-order valence-electron chi connectivity index (χ0n) is 38.0. The van der Waals surface area contributed by atoms with Crippen LogP contribution in [0.3, 0.4) is 0 Å². The molecule has 0 aliphatic heterocycles. The Balaban J connectivity index is 1.14. The second-order valence-corrected chi connectivity index (χ2v) is 19.5. The van der Waals surface area contributed by atoms with Gasteiger partial charge in [0, 0.05) is 23.8 Å². The van der Waals surface area contributed by atoms with Crippen LogP contribution in [0, 0.1) is 0 Å². The van der Waals surface area contributed by atoms with Gasteiger partial charge in [0.15, 0.2) is 17.1 Å². The highest BCUT2D eigenvalue weighted by atomic mass is 32.2. The lowest BCUT2D eigenvalue weighted by molar-refractivity contribution is 0.0690. The highest BCUT2D eigenvalue weighted by molar-refractivity contribution is 7.86. The number of azo groups is 3. The highest BCUT2D eigenvalue weighted by Crippen LogP contribution is 2.46. The van der Waals surface area contributed by atoms with Crippen LogP contribution in [0.1, 0.15) is 10.5 Å². The molecule has 0 spiro atoms. The molecular weight excluding hydrogens is 1050 g/mol. The molecule has 0 radical (unpaired) electrons. The molecule has 0 bridgehead atoms. The fourth-order valence-corrected chi connectivity index (χ4v) is 8.88. The predicted octanol–water partition coefficient (Wildman–Crippen LogP) is 7.00. The Morgan fingerprint density at radius 3 is 1.85 bits per heavy atom. The number of methoxy groups -OCH3 is 1. The molecule has 75 heavy (non-hydrogen) atoms. The Labute approximate surface area is 420 Å². The van der Waals surface area contributed by atoms with Gasteiger partial charge >= 0.3 is 5.97 Å². The van der Waals surface area contributed by atoms with Gasteiger partial charge < -0.3 is 39.6 Å². The fraction of sp³-hybridized carbons (Fsp3) is 0.114. The van der Waals surface area contributed by atoms with Crippen LogP contribution in [0.5, 0.6) is 23.0 Å². The monoisotopic (exact) mass is 1090 g/mol. The maximum Gasteiger partial charge on any atom is 0.356 e. The number of hydrogen-bond acceptors (Lipinski definition) is 21. The quantitative estimate of drug-likeness (QED) is 0.0290. The van der Waals surface area contributed by atoms with Crippen molar-refractivity contribution in [2.75, 3.05) is 33.5 Å². The molecule has 2 aromatic heterocycles. The van der Waals surface area contributed by atoms with Gasteiger partial charge in [-0.2, -0.15) is 30.4 Å². The normalized spacial score (nSPS) is 12.5. The molecule has 0 aliphatic rings. The number of aromatic carboxylic acids is 1. The number of aromatic hydroxyl groups is 1. The number of phenols is 1. The number of aromatic nitrogens is 4. The number of fused-ring (bicyclic) bond motifs is 3. The second kappa shape index (κ2) is 21.0. The second-order valence-electron chi connectivity index (χ2n) is 15.3. The van der Waals surface area contributed by atoms with Gasteiger partial charge in [0.05, 0.1) is 47.5 Å². The molecule has 8 rings (SSSR count). The third-order valence-electron chi connectivity index (χ3n) is 10.5. The lowest BCUT2D eigenvalue weighted by Crippen LogP contribution is -2.14. The molecule has 9 N–H and O–H groups in total. The summed E-state index contributed by atoms with van der Waals surface area (Å²) >= 11 is 0. The van der Waals surface area contributed by atoms with E-state index >= 15 is 0 Å². The predicted molar refractivity (Wildman–Crippen MR) is 261 cm³/mol. The number of aromatic amines is 2. The third-order valence-corrected chi connectivity index (χ3v) is 13.1. The summed E-state index contributed by atoms with van der Waals surface area (Å²) < 4.78 is 119. The van der Waals surface area contributed by atoms with E-state index in [0.717, 1.165) is 47.1 Å². The van der Waals surface area contributed by atoms with Crippen LogP contribution < -0.4 is 19.8 Å². The molecule has 8 aromatic rings. The zero-order valence-corrected chi connectivity index (χ0v) is 40.4. The van der Waals surface area contributed by atoms with Crippen LogP contribution in [0.15, 0.2) is 147 Å². The van der Waals surface area contributed by atoms with Gasteiger partial charge in [0.1, 0.15) is 74.3 Å². The van der Waals surface area contributed by atoms with Gasteiger partial charge in [-0.3, -0.25) is 23.6 Å². The van der Waals surface area contributed by atoms with Crippen molar-refractivity contribution in [2.45, 2.75) is 14.7 Å². The first-order chi connectivity index (χ1) is 35.6. The van der Waals surface area contributed by atoms with Crippen LogP contribution in [-0.4, -0.2) is 119 Å². The summed E-state index contributed by atoms with van der Waals surface area (Å²) in [5, 5.41) is 67.2. The smallest absolute Gasteiger partial charge is 0.356 e. The molecule has 2 heterocycles. The van der Waals surface area contributed by atoms with Gasteiger partial charge in [-0.05, 0) is 78.2 Å². The largest absolute Gasteiger partial charge is 0.505 e. The van der Waals surface area contributed by atoms with Crippen LogP contribution in [0.2, 0.25) is 0 Å². The number of ether oxygens (including phenoxy) is 3. The van der Waals surface area contributed by atoms with Crippen molar-refractivity contribution in [1.29, 1.82) is 0 Å². The molecule has 0 aliphatic carbocycles. The molecule has 0 atom stereocenters. The van der Waals surface area contributed by atoms with E-state index in [1.807, 2.05) is 0 Å². The number of nitrogens with zero attached hydrogens (tertiary/aromatic N) is 8. The Morgan fingerprint density at radius 2 is 1.28 bits per heavy atom. The number of phenolic OH excluding ortho intramolecular Hbond substituents is 1. The number of imidazole rings is 1. The van der Waals surface area contributed by atoms with E-state index < -0.39 is 92.6 Å². The number of carboxylic acid groups (broad SMARTS) is 1.